The van der Waals surface area contributed by atoms with E-state index in [0.717, 1.165) is 28.8 Å². The third-order valence-electron chi connectivity index (χ3n) is 4.44. The Morgan fingerprint density at radius 3 is 2.48 bits per heavy atom. The minimum atomic E-state index is -0.204. The molecule has 0 aliphatic carbocycles. The molecule has 27 heavy (non-hydrogen) atoms. The fourth-order valence-corrected chi connectivity index (χ4v) is 3.23. The van der Waals surface area contributed by atoms with Gasteiger partial charge in [0.2, 0.25) is 5.91 Å². The van der Waals surface area contributed by atoms with Gasteiger partial charge >= 0.3 is 5.69 Å². The Morgan fingerprint density at radius 1 is 1.11 bits per heavy atom. The first-order chi connectivity index (χ1) is 13.0. The summed E-state index contributed by atoms with van der Waals surface area (Å²) in [7, 11) is 3.83. The fraction of sp³-hybridized carbons (Fsp3) is 0.350. The summed E-state index contributed by atoms with van der Waals surface area (Å²) < 4.78 is 3.27. The summed E-state index contributed by atoms with van der Waals surface area (Å²) in [5, 5.41) is 2.90. The molecule has 7 nitrogen and oxygen atoms in total. The Kier molecular flexibility index (Phi) is 5.59. The molecule has 0 fully saturated rings. The van der Waals surface area contributed by atoms with Gasteiger partial charge in [0.1, 0.15) is 12.4 Å². The van der Waals surface area contributed by atoms with Crippen molar-refractivity contribution in [3.05, 3.63) is 58.6 Å². The second-order valence-corrected chi connectivity index (χ2v) is 6.67. The molecule has 2 aromatic heterocycles. The lowest BCUT2D eigenvalue weighted by molar-refractivity contribution is -0.121. The van der Waals surface area contributed by atoms with Crippen LogP contribution in [0.3, 0.4) is 0 Å². The molecule has 0 bridgehead atoms. The smallest absolute Gasteiger partial charge is 0.329 e. The molecule has 0 spiro atoms. The van der Waals surface area contributed by atoms with Gasteiger partial charge in [0.05, 0.1) is 11.0 Å². The number of carbonyl (C=O) groups excluding carboxylic acids is 1. The summed E-state index contributed by atoms with van der Waals surface area (Å²) in [6, 6.07) is 11.4. The third kappa shape index (κ3) is 3.86. The van der Waals surface area contributed by atoms with Gasteiger partial charge in [-0.25, -0.2) is 9.78 Å². The summed E-state index contributed by atoms with van der Waals surface area (Å²) >= 11 is 0. The summed E-state index contributed by atoms with van der Waals surface area (Å²) in [5.74, 6) is 0.611. The van der Waals surface area contributed by atoms with Gasteiger partial charge in [-0.1, -0.05) is 25.1 Å². The van der Waals surface area contributed by atoms with E-state index in [1.807, 2.05) is 62.3 Å². The molecule has 0 saturated carbocycles. The van der Waals surface area contributed by atoms with Crippen LogP contribution in [0.4, 0.5) is 5.82 Å². The summed E-state index contributed by atoms with van der Waals surface area (Å²) in [6.45, 7) is 3.02. The number of rotatable bonds is 7. The molecule has 0 atom stereocenters. The average Bonchev–Trinajstić information content (AvgIpc) is 2.93. The largest absolute Gasteiger partial charge is 0.362 e. The number of aromatic nitrogens is 3. The summed E-state index contributed by atoms with van der Waals surface area (Å²) in [4.78, 5) is 31.5. The molecular weight excluding hydrogens is 342 g/mol. The maximum absolute atomic E-state index is 12.8. The van der Waals surface area contributed by atoms with Crippen molar-refractivity contribution in [2.75, 3.05) is 19.0 Å². The van der Waals surface area contributed by atoms with Crippen molar-refractivity contribution >= 4 is 22.8 Å². The molecular formula is C20H25N5O2. The van der Waals surface area contributed by atoms with Gasteiger partial charge in [-0.2, -0.15) is 0 Å². The number of aryl methyl sites for hydroxylation is 1. The van der Waals surface area contributed by atoms with E-state index in [2.05, 4.69) is 10.3 Å². The normalized spacial score (nSPS) is 10.9. The van der Waals surface area contributed by atoms with E-state index in [4.69, 9.17) is 0 Å². The van der Waals surface area contributed by atoms with Crippen LogP contribution in [0.1, 0.15) is 18.9 Å². The maximum atomic E-state index is 12.8. The van der Waals surface area contributed by atoms with Crippen molar-refractivity contribution < 1.29 is 4.79 Å². The highest BCUT2D eigenvalue weighted by Gasteiger charge is 2.15. The van der Waals surface area contributed by atoms with Gasteiger partial charge in [-0.15, -0.1) is 0 Å². The number of fused-ring (bicyclic) bond motifs is 1. The van der Waals surface area contributed by atoms with Gasteiger partial charge in [0.15, 0.2) is 0 Å². The van der Waals surface area contributed by atoms with Crippen LogP contribution < -0.4 is 15.9 Å². The van der Waals surface area contributed by atoms with E-state index in [1.165, 1.54) is 4.57 Å². The van der Waals surface area contributed by atoms with E-state index in [-0.39, 0.29) is 18.1 Å². The Bertz CT molecular complexity index is 1000. The van der Waals surface area contributed by atoms with Gasteiger partial charge < -0.3 is 10.2 Å². The number of pyridine rings is 1. The average molecular weight is 367 g/mol. The molecule has 0 aliphatic heterocycles. The topological polar surface area (TPSA) is 72.2 Å². The van der Waals surface area contributed by atoms with Crippen molar-refractivity contribution in [2.45, 2.75) is 33.0 Å². The number of benzene rings is 1. The van der Waals surface area contributed by atoms with Gasteiger partial charge in [0, 0.05) is 38.9 Å². The highest BCUT2D eigenvalue weighted by atomic mass is 16.2. The van der Waals surface area contributed by atoms with Crippen LogP contribution in [0.5, 0.6) is 0 Å². The number of hydrogen-bond acceptors (Lipinski definition) is 4. The minimum absolute atomic E-state index is 0.00633. The second kappa shape index (κ2) is 8.07. The molecule has 0 saturated heterocycles. The maximum Gasteiger partial charge on any atom is 0.329 e. The number of amides is 1. The van der Waals surface area contributed by atoms with Crippen molar-refractivity contribution in [3.8, 4) is 0 Å². The lowest BCUT2D eigenvalue weighted by Gasteiger charge is -2.16. The minimum Gasteiger partial charge on any atom is -0.362 e. The molecule has 142 valence electrons. The predicted octanol–water partition coefficient (Wildman–Crippen LogP) is 1.99. The van der Waals surface area contributed by atoms with Crippen LogP contribution in [-0.2, 0) is 24.4 Å². The number of imidazole rings is 1. The van der Waals surface area contributed by atoms with Crippen LogP contribution in [0, 0.1) is 0 Å². The predicted molar refractivity (Wildman–Crippen MR) is 107 cm³/mol. The van der Waals surface area contributed by atoms with Crippen molar-refractivity contribution in [3.63, 3.8) is 0 Å². The van der Waals surface area contributed by atoms with Crippen molar-refractivity contribution in [1.82, 2.24) is 19.4 Å². The van der Waals surface area contributed by atoms with Crippen LogP contribution in [0.15, 0.2) is 47.4 Å². The highest BCUT2D eigenvalue weighted by Crippen LogP contribution is 2.15. The molecule has 0 aliphatic rings. The van der Waals surface area contributed by atoms with E-state index in [1.54, 1.807) is 10.8 Å². The van der Waals surface area contributed by atoms with Crippen molar-refractivity contribution in [1.29, 1.82) is 0 Å². The molecule has 1 aromatic carbocycles. The number of carbonyl (C=O) groups is 1. The fourth-order valence-electron chi connectivity index (χ4n) is 3.23. The first-order valence-electron chi connectivity index (χ1n) is 9.09. The molecule has 2 heterocycles. The zero-order chi connectivity index (χ0) is 19.4. The first-order valence-corrected chi connectivity index (χ1v) is 9.09. The molecule has 1 N–H and O–H groups in total. The lowest BCUT2D eigenvalue weighted by Crippen LogP contribution is -2.33. The molecule has 3 rings (SSSR count). The van der Waals surface area contributed by atoms with E-state index in [9.17, 15) is 9.59 Å². The Balaban J connectivity index is 1.79. The second-order valence-electron chi connectivity index (χ2n) is 6.67. The number of nitrogens with one attached hydrogen (secondary N) is 1. The van der Waals surface area contributed by atoms with E-state index >= 15 is 0 Å². The lowest BCUT2D eigenvalue weighted by atomic mass is 10.2. The number of nitrogens with zero attached hydrogens (tertiary/aromatic N) is 4. The Hall–Kier alpha value is -3.09. The quantitative estimate of drug-likeness (QED) is 0.693. The number of anilines is 1. The summed E-state index contributed by atoms with van der Waals surface area (Å²) in [6.07, 6.45) is 2.58. The van der Waals surface area contributed by atoms with Gasteiger partial charge in [-0.05, 0) is 24.6 Å². The molecule has 0 radical (unpaired) electrons. The Labute approximate surface area is 158 Å². The monoisotopic (exact) mass is 367 g/mol. The standard InChI is InChI=1S/C20H25N5O2/c1-4-12-24-16-9-5-6-10-17(16)25(20(24)27)14-18(26)22-13-15-8-7-11-21-19(15)23(2)3/h5-11H,4,12-14H2,1-3H3,(H,22,26). The van der Waals surface area contributed by atoms with E-state index < -0.39 is 0 Å². The number of para-hydroxylation sites is 2. The zero-order valence-corrected chi connectivity index (χ0v) is 16.0. The number of hydrogen-bond donors (Lipinski definition) is 1. The molecule has 7 heteroatoms. The van der Waals surface area contributed by atoms with E-state index in [0.29, 0.717) is 13.1 Å². The van der Waals surface area contributed by atoms with Crippen LogP contribution in [-0.4, -0.2) is 34.1 Å². The molecule has 0 unspecified atom stereocenters. The molecule has 1 amide bonds. The van der Waals surface area contributed by atoms with Gasteiger partial charge in [0.25, 0.3) is 0 Å². The van der Waals surface area contributed by atoms with Crippen LogP contribution >= 0.6 is 0 Å². The zero-order valence-electron chi connectivity index (χ0n) is 16.0. The SMILES string of the molecule is CCCn1c(=O)n(CC(=O)NCc2cccnc2N(C)C)c2ccccc21. The molecule has 3 aromatic rings. The Morgan fingerprint density at radius 2 is 1.81 bits per heavy atom. The highest BCUT2D eigenvalue weighted by molar-refractivity contribution is 5.81. The van der Waals surface area contributed by atoms with Crippen molar-refractivity contribution in [2.24, 2.45) is 0 Å². The van der Waals surface area contributed by atoms with Crippen LogP contribution in [0.2, 0.25) is 0 Å². The van der Waals surface area contributed by atoms with Crippen LogP contribution in [0.25, 0.3) is 11.0 Å². The third-order valence-corrected chi connectivity index (χ3v) is 4.44. The summed E-state index contributed by atoms with van der Waals surface area (Å²) in [5.41, 5.74) is 2.42. The van der Waals surface area contributed by atoms with Gasteiger partial charge in [-0.3, -0.25) is 13.9 Å². The first kappa shape index (κ1) is 18.7.